The molecule has 0 atom stereocenters. The summed E-state index contributed by atoms with van der Waals surface area (Å²) in [4.78, 5) is 20.7. The van der Waals surface area contributed by atoms with Crippen LogP contribution in [0.25, 0.3) is 0 Å². The first kappa shape index (κ1) is 13.1. The minimum absolute atomic E-state index is 0.0830. The van der Waals surface area contributed by atoms with Gasteiger partial charge in [-0.2, -0.15) is 0 Å². The minimum atomic E-state index is 0.0830. The lowest BCUT2D eigenvalue weighted by Gasteiger charge is -2.16. The summed E-state index contributed by atoms with van der Waals surface area (Å²) >= 11 is 0. The second kappa shape index (κ2) is 6.04. The fourth-order valence-electron chi connectivity index (χ4n) is 1.89. The second-order valence-electron chi connectivity index (χ2n) is 4.48. The zero-order chi connectivity index (χ0) is 13.7. The molecule has 100 valence electrons. The van der Waals surface area contributed by atoms with Crippen molar-refractivity contribution >= 4 is 11.6 Å². The van der Waals surface area contributed by atoms with Crippen LogP contribution < -0.4 is 5.73 Å². The third-order valence-electron chi connectivity index (χ3n) is 3.03. The number of para-hydroxylation sites is 1. The van der Waals surface area contributed by atoms with E-state index in [1.807, 2.05) is 24.3 Å². The van der Waals surface area contributed by atoms with E-state index in [9.17, 15) is 4.79 Å². The van der Waals surface area contributed by atoms with Crippen LogP contribution in [-0.2, 0) is 17.8 Å². The van der Waals surface area contributed by atoms with Gasteiger partial charge < -0.3 is 15.6 Å². The molecule has 1 aromatic carbocycles. The molecular formula is C14H18N4O. The summed E-state index contributed by atoms with van der Waals surface area (Å²) in [5.74, 6) is 0.870. The van der Waals surface area contributed by atoms with Gasteiger partial charge >= 0.3 is 0 Å². The zero-order valence-electron chi connectivity index (χ0n) is 11.0. The highest BCUT2D eigenvalue weighted by molar-refractivity contribution is 5.76. The maximum absolute atomic E-state index is 12.0. The van der Waals surface area contributed by atoms with Gasteiger partial charge in [-0.15, -0.1) is 0 Å². The van der Waals surface area contributed by atoms with Crippen LogP contribution in [0, 0.1) is 0 Å². The number of imidazole rings is 1. The quantitative estimate of drug-likeness (QED) is 0.800. The van der Waals surface area contributed by atoms with Crippen LogP contribution in [0.3, 0.4) is 0 Å². The van der Waals surface area contributed by atoms with Crippen molar-refractivity contribution in [2.24, 2.45) is 0 Å². The average molecular weight is 258 g/mol. The lowest BCUT2D eigenvalue weighted by molar-refractivity contribution is -0.130. The molecule has 1 aromatic heterocycles. The Morgan fingerprint density at radius 3 is 2.89 bits per heavy atom. The molecule has 5 nitrogen and oxygen atoms in total. The SMILES string of the molecule is CN(Cc1ncc[nH]1)C(=O)CCc1ccccc1N. The third kappa shape index (κ3) is 3.58. The van der Waals surface area contributed by atoms with Crippen molar-refractivity contribution in [3.8, 4) is 0 Å². The number of H-pyrrole nitrogens is 1. The van der Waals surface area contributed by atoms with Crippen LogP contribution in [0.1, 0.15) is 17.8 Å². The molecule has 0 aliphatic heterocycles. The Balaban J connectivity index is 1.86. The monoisotopic (exact) mass is 258 g/mol. The Morgan fingerprint density at radius 2 is 2.21 bits per heavy atom. The number of aromatic nitrogens is 2. The smallest absolute Gasteiger partial charge is 0.223 e. The van der Waals surface area contributed by atoms with Crippen molar-refractivity contribution in [3.05, 3.63) is 48.0 Å². The molecule has 0 aliphatic carbocycles. The standard InChI is InChI=1S/C14H18N4O/c1-18(10-13-16-8-9-17-13)14(19)7-6-11-4-2-3-5-12(11)15/h2-5,8-9H,6-7,10,15H2,1H3,(H,16,17). The molecule has 1 heterocycles. The van der Waals surface area contributed by atoms with Crippen LogP contribution in [0.5, 0.6) is 0 Å². The third-order valence-corrected chi connectivity index (χ3v) is 3.03. The summed E-state index contributed by atoms with van der Waals surface area (Å²) in [6.45, 7) is 0.496. The van der Waals surface area contributed by atoms with Gasteiger partial charge in [0.15, 0.2) is 0 Å². The summed E-state index contributed by atoms with van der Waals surface area (Å²) in [6.07, 6.45) is 4.54. The van der Waals surface area contributed by atoms with E-state index >= 15 is 0 Å². The van der Waals surface area contributed by atoms with Gasteiger partial charge in [-0.3, -0.25) is 4.79 Å². The van der Waals surface area contributed by atoms with Crippen molar-refractivity contribution in [1.29, 1.82) is 0 Å². The number of nitrogens with zero attached hydrogens (tertiary/aromatic N) is 2. The molecule has 19 heavy (non-hydrogen) atoms. The van der Waals surface area contributed by atoms with Gasteiger partial charge in [-0.05, 0) is 18.1 Å². The fraction of sp³-hybridized carbons (Fsp3) is 0.286. The van der Waals surface area contributed by atoms with E-state index < -0.39 is 0 Å². The number of nitrogens with two attached hydrogens (primary N) is 1. The summed E-state index contributed by atoms with van der Waals surface area (Å²) in [5, 5.41) is 0. The molecule has 2 rings (SSSR count). The molecule has 0 unspecified atom stereocenters. The van der Waals surface area contributed by atoms with Crippen molar-refractivity contribution < 1.29 is 4.79 Å². The maximum atomic E-state index is 12.0. The normalized spacial score (nSPS) is 10.4. The predicted octanol–water partition coefficient (Wildman–Crippen LogP) is 1.58. The van der Waals surface area contributed by atoms with E-state index in [2.05, 4.69) is 9.97 Å². The van der Waals surface area contributed by atoms with E-state index in [1.165, 1.54) is 0 Å². The number of nitrogen functional groups attached to an aromatic ring is 1. The first-order chi connectivity index (χ1) is 9.16. The topological polar surface area (TPSA) is 75.0 Å². The van der Waals surface area contributed by atoms with Crippen LogP contribution in [0.15, 0.2) is 36.7 Å². The number of benzene rings is 1. The van der Waals surface area contributed by atoms with Crippen LogP contribution in [0.2, 0.25) is 0 Å². The van der Waals surface area contributed by atoms with Gasteiger partial charge in [0.05, 0.1) is 6.54 Å². The minimum Gasteiger partial charge on any atom is -0.399 e. The number of aromatic amines is 1. The second-order valence-corrected chi connectivity index (χ2v) is 4.48. The first-order valence-electron chi connectivity index (χ1n) is 6.22. The summed E-state index contributed by atoms with van der Waals surface area (Å²) in [5.41, 5.74) is 7.61. The van der Waals surface area contributed by atoms with Crippen LogP contribution >= 0.6 is 0 Å². The lowest BCUT2D eigenvalue weighted by Crippen LogP contribution is -2.26. The van der Waals surface area contributed by atoms with Crippen molar-refractivity contribution in [3.63, 3.8) is 0 Å². The van der Waals surface area contributed by atoms with Gasteiger partial charge in [0.25, 0.3) is 0 Å². The number of anilines is 1. The number of hydrogen-bond acceptors (Lipinski definition) is 3. The summed E-state index contributed by atoms with van der Waals surface area (Å²) in [7, 11) is 1.78. The maximum Gasteiger partial charge on any atom is 0.223 e. The number of nitrogens with one attached hydrogen (secondary N) is 1. The van der Waals surface area contributed by atoms with Crippen LogP contribution in [-0.4, -0.2) is 27.8 Å². The average Bonchev–Trinajstić information content (AvgIpc) is 2.90. The molecular weight excluding hydrogens is 240 g/mol. The number of carbonyl (C=O) groups excluding carboxylic acids is 1. The predicted molar refractivity (Wildman–Crippen MR) is 74.2 cm³/mol. The highest BCUT2D eigenvalue weighted by Crippen LogP contribution is 2.13. The molecule has 0 saturated carbocycles. The molecule has 0 fully saturated rings. The number of aryl methyl sites for hydroxylation is 1. The molecule has 5 heteroatoms. The molecule has 2 aromatic rings. The first-order valence-corrected chi connectivity index (χ1v) is 6.22. The highest BCUT2D eigenvalue weighted by atomic mass is 16.2. The Bertz CT molecular complexity index is 536. The van der Waals surface area contributed by atoms with Gasteiger partial charge in [-0.25, -0.2) is 4.98 Å². The molecule has 0 radical (unpaired) electrons. The number of hydrogen-bond donors (Lipinski definition) is 2. The van der Waals surface area contributed by atoms with E-state index in [-0.39, 0.29) is 5.91 Å². The van der Waals surface area contributed by atoms with Crippen LogP contribution in [0.4, 0.5) is 5.69 Å². The van der Waals surface area contributed by atoms with E-state index in [4.69, 9.17) is 5.73 Å². The van der Waals surface area contributed by atoms with E-state index in [0.717, 1.165) is 17.1 Å². The van der Waals surface area contributed by atoms with Crippen molar-refractivity contribution in [2.75, 3.05) is 12.8 Å². The molecule has 0 aliphatic rings. The van der Waals surface area contributed by atoms with Gasteiger partial charge in [0, 0.05) is 31.5 Å². The van der Waals surface area contributed by atoms with Gasteiger partial charge in [-0.1, -0.05) is 18.2 Å². The van der Waals surface area contributed by atoms with Gasteiger partial charge in [0.2, 0.25) is 5.91 Å². The number of rotatable bonds is 5. The van der Waals surface area contributed by atoms with E-state index in [0.29, 0.717) is 19.4 Å². The summed E-state index contributed by atoms with van der Waals surface area (Å²) < 4.78 is 0. The molecule has 0 bridgehead atoms. The number of carbonyl (C=O) groups is 1. The Morgan fingerprint density at radius 1 is 1.42 bits per heavy atom. The fourth-order valence-corrected chi connectivity index (χ4v) is 1.89. The molecule has 0 saturated heterocycles. The highest BCUT2D eigenvalue weighted by Gasteiger charge is 2.11. The van der Waals surface area contributed by atoms with Crippen molar-refractivity contribution in [2.45, 2.75) is 19.4 Å². The van der Waals surface area contributed by atoms with Gasteiger partial charge in [0.1, 0.15) is 5.82 Å². The summed E-state index contributed by atoms with van der Waals surface area (Å²) in [6, 6.07) is 7.63. The Labute approximate surface area is 112 Å². The lowest BCUT2D eigenvalue weighted by atomic mass is 10.1. The Kier molecular flexibility index (Phi) is 4.18. The Hall–Kier alpha value is -2.30. The van der Waals surface area contributed by atoms with Crippen molar-refractivity contribution in [1.82, 2.24) is 14.9 Å². The largest absolute Gasteiger partial charge is 0.399 e. The number of amides is 1. The molecule has 0 spiro atoms. The zero-order valence-corrected chi connectivity index (χ0v) is 11.0. The molecule has 3 N–H and O–H groups in total. The molecule has 1 amide bonds. The van der Waals surface area contributed by atoms with E-state index in [1.54, 1.807) is 24.3 Å².